The van der Waals surface area contributed by atoms with E-state index in [4.69, 9.17) is 0 Å². The van der Waals surface area contributed by atoms with Crippen molar-refractivity contribution in [1.82, 2.24) is 5.32 Å². The molecule has 0 bridgehead atoms. The van der Waals surface area contributed by atoms with Gasteiger partial charge in [0, 0.05) is 4.47 Å². The van der Waals surface area contributed by atoms with Crippen LogP contribution in [0.5, 0.6) is 0 Å². The average Bonchev–Trinajstić information content (AvgIpc) is 3.01. The maximum Gasteiger partial charge on any atom is 0.224 e. The first kappa shape index (κ1) is 16.3. The maximum atomic E-state index is 12.4. The molecule has 23 heavy (non-hydrogen) atoms. The molecule has 1 aliphatic carbocycles. The molecule has 120 valence electrons. The third-order valence-electron chi connectivity index (χ3n) is 4.54. The molecule has 0 aliphatic heterocycles. The predicted molar refractivity (Wildman–Crippen MR) is 97.5 cm³/mol. The fraction of sp³-hybridized carbons (Fsp3) is 0.350. The number of fused-ring (bicyclic) bond motifs is 1. The van der Waals surface area contributed by atoms with Crippen LogP contribution in [0.4, 0.5) is 0 Å². The van der Waals surface area contributed by atoms with Crippen molar-refractivity contribution in [1.29, 1.82) is 0 Å². The van der Waals surface area contributed by atoms with E-state index in [2.05, 4.69) is 58.5 Å². The molecule has 0 spiro atoms. The molecule has 0 aromatic heterocycles. The van der Waals surface area contributed by atoms with Crippen molar-refractivity contribution >= 4 is 21.8 Å². The second kappa shape index (κ2) is 7.31. The topological polar surface area (TPSA) is 29.1 Å². The van der Waals surface area contributed by atoms with Crippen LogP contribution in [0.15, 0.2) is 46.9 Å². The van der Waals surface area contributed by atoms with Crippen LogP contribution in [-0.2, 0) is 24.1 Å². The van der Waals surface area contributed by atoms with Crippen LogP contribution in [0, 0.1) is 0 Å². The average molecular weight is 372 g/mol. The third-order valence-corrected chi connectivity index (χ3v) is 5.07. The molecule has 3 heteroatoms. The quantitative estimate of drug-likeness (QED) is 0.807. The number of halogens is 1. The van der Waals surface area contributed by atoms with E-state index in [9.17, 15) is 4.79 Å². The summed E-state index contributed by atoms with van der Waals surface area (Å²) >= 11 is 3.45. The van der Waals surface area contributed by atoms with E-state index in [0.717, 1.165) is 28.4 Å². The van der Waals surface area contributed by atoms with E-state index in [1.807, 2.05) is 12.1 Å². The molecule has 1 unspecified atom stereocenters. The number of carbonyl (C=O) groups is 1. The van der Waals surface area contributed by atoms with Gasteiger partial charge < -0.3 is 5.32 Å². The number of amides is 1. The van der Waals surface area contributed by atoms with Crippen molar-refractivity contribution in [2.45, 2.75) is 45.1 Å². The van der Waals surface area contributed by atoms with Crippen molar-refractivity contribution in [3.8, 4) is 0 Å². The van der Waals surface area contributed by atoms with Crippen LogP contribution in [0.2, 0.25) is 0 Å². The number of hydrogen-bond donors (Lipinski definition) is 1. The van der Waals surface area contributed by atoms with Crippen molar-refractivity contribution in [3.05, 3.63) is 69.2 Å². The second-order valence-corrected chi connectivity index (χ2v) is 7.13. The van der Waals surface area contributed by atoms with E-state index >= 15 is 0 Å². The highest BCUT2D eigenvalue weighted by Crippen LogP contribution is 2.23. The van der Waals surface area contributed by atoms with Gasteiger partial charge in [0.15, 0.2) is 0 Å². The normalized spacial score (nSPS) is 14.3. The van der Waals surface area contributed by atoms with Gasteiger partial charge in [0.2, 0.25) is 5.91 Å². The molecule has 0 saturated carbocycles. The monoisotopic (exact) mass is 371 g/mol. The Morgan fingerprint density at radius 2 is 1.87 bits per heavy atom. The summed E-state index contributed by atoms with van der Waals surface area (Å²) in [5.41, 5.74) is 5.15. The van der Waals surface area contributed by atoms with Crippen LogP contribution < -0.4 is 5.32 Å². The van der Waals surface area contributed by atoms with Gasteiger partial charge in [-0.05, 0) is 60.1 Å². The fourth-order valence-electron chi connectivity index (χ4n) is 3.28. The highest BCUT2D eigenvalue weighted by Gasteiger charge is 2.15. The molecule has 1 N–H and O–H groups in total. The largest absolute Gasteiger partial charge is 0.349 e. The minimum absolute atomic E-state index is 0.0741. The van der Waals surface area contributed by atoms with E-state index in [0.29, 0.717) is 6.42 Å². The Kier molecular flexibility index (Phi) is 5.16. The van der Waals surface area contributed by atoms with E-state index in [1.54, 1.807) is 0 Å². The maximum absolute atomic E-state index is 12.4. The zero-order valence-electron chi connectivity index (χ0n) is 13.4. The van der Waals surface area contributed by atoms with Crippen LogP contribution in [-0.4, -0.2) is 5.91 Å². The molecular formula is C20H22BrNO. The van der Waals surface area contributed by atoms with Gasteiger partial charge in [-0.2, -0.15) is 0 Å². The second-order valence-electron chi connectivity index (χ2n) is 6.21. The molecule has 0 fully saturated rings. The summed E-state index contributed by atoms with van der Waals surface area (Å²) in [4.78, 5) is 12.4. The standard InChI is InChI=1S/C20H22BrNO/c1-2-19(16-8-10-18(21)11-9-16)22-20(23)13-14-6-7-15-4-3-5-17(15)12-14/h6-12,19H,2-5,13H2,1H3,(H,22,23). The molecule has 0 heterocycles. The fourth-order valence-corrected chi connectivity index (χ4v) is 3.55. The molecule has 1 aliphatic rings. The van der Waals surface area contributed by atoms with Gasteiger partial charge in [0.05, 0.1) is 12.5 Å². The number of nitrogens with one attached hydrogen (secondary N) is 1. The van der Waals surface area contributed by atoms with Gasteiger partial charge in [-0.3, -0.25) is 4.79 Å². The Labute approximate surface area is 146 Å². The minimum Gasteiger partial charge on any atom is -0.349 e. The number of hydrogen-bond acceptors (Lipinski definition) is 1. The predicted octanol–water partition coefficient (Wildman–Crippen LogP) is 4.75. The Balaban J connectivity index is 1.64. The molecule has 3 rings (SSSR count). The third kappa shape index (κ3) is 4.03. The first-order valence-electron chi connectivity index (χ1n) is 8.31. The highest BCUT2D eigenvalue weighted by molar-refractivity contribution is 9.10. The van der Waals surface area contributed by atoms with Crippen molar-refractivity contribution in [2.24, 2.45) is 0 Å². The minimum atomic E-state index is 0.0741. The van der Waals surface area contributed by atoms with Gasteiger partial charge in [-0.25, -0.2) is 0 Å². The molecule has 0 saturated heterocycles. The van der Waals surface area contributed by atoms with Crippen LogP contribution in [0.3, 0.4) is 0 Å². The Morgan fingerprint density at radius 3 is 2.61 bits per heavy atom. The summed E-state index contributed by atoms with van der Waals surface area (Å²) in [7, 11) is 0. The lowest BCUT2D eigenvalue weighted by Crippen LogP contribution is -2.29. The van der Waals surface area contributed by atoms with Crippen molar-refractivity contribution < 1.29 is 4.79 Å². The first-order chi connectivity index (χ1) is 11.2. The van der Waals surface area contributed by atoms with Gasteiger partial charge in [0.25, 0.3) is 0 Å². The van der Waals surface area contributed by atoms with Crippen LogP contribution in [0.25, 0.3) is 0 Å². The number of rotatable bonds is 5. The molecule has 2 nitrogen and oxygen atoms in total. The first-order valence-corrected chi connectivity index (χ1v) is 9.10. The molecule has 1 amide bonds. The highest BCUT2D eigenvalue weighted by atomic mass is 79.9. The molecule has 2 aromatic carbocycles. The van der Waals surface area contributed by atoms with Crippen LogP contribution in [0.1, 0.15) is 48.1 Å². The number of aryl methyl sites for hydroxylation is 2. The Morgan fingerprint density at radius 1 is 1.13 bits per heavy atom. The summed E-state index contributed by atoms with van der Waals surface area (Å²) in [5.74, 6) is 0.0951. The van der Waals surface area contributed by atoms with E-state index in [-0.39, 0.29) is 11.9 Å². The Hall–Kier alpha value is -1.61. The number of carbonyl (C=O) groups excluding carboxylic acids is 1. The van der Waals surface area contributed by atoms with Gasteiger partial charge >= 0.3 is 0 Å². The van der Waals surface area contributed by atoms with Crippen molar-refractivity contribution in [3.63, 3.8) is 0 Å². The summed E-state index contributed by atoms with van der Waals surface area (Å²) in [6, 6.07) is 14.7. The van der Waals surface area contributed by atoms with Gasteiger partial charge in [-0.1, -0.05) is 53.2 Å². The zero-order chi connectivity index (χ0) is 16.2. The Bertz CT molecular complexity index is 693. The van der Waals surface area contributed by atoms with Crippen LogP contribution >= 0.6 is 15.9 Å². The molecule has 2 aromatic rings. The number of benzene rings is 2. The SMILES string of the molecule is CCC(NC(=O)Cc1ccc2c(c1)CCC2)c1ccc(Br)cc1. The van der Waals surface area contributed by atoms with Crippen molar-refractivity contribution in [2.75, 3.05) is 0 Å². The van der Waals surface area contributed by atoms with Gasteiger partial charge in [-0.15, -0.1) is 0 Å². The summed E-state index contributed by atoms with van der Waals surface area (Å²) in [6.45, 7) is 2.10. The molecule has 1 atom stereocenters. The summed E-state index contributed by atoms with van der Waals surface area (Å²) in [5, 5.41) is 3.16. The van der Waals surface area contributed by atoms with E-state index < -0.39 is 0 Å². The summed E-state index contributed by atoms with van der Waals surface area (Å²) in [6.07, 6.45) is 4.93. The van der Waals surface area contributed by atoms with Gasteiger partial charge in [0.1, 0.15) is 0 Å². The lowest BCUT2D eigenvalue weighted by molar-refractivity contribution is -0.121. The zero-order valence-corrected chi connectivity index (χ0v) is 15.0. The smallest absolute Gasteiger partial charge is 0.224 e. The lowest BCUT2D eigenvalue weighted by Gasteiger charge is -2.18. The van der Waals surface area contributed by atoms with E-state index in [1.165, 1.54) is 24.0 Å². The summed E-state index contributed by atoms with van der Waals surface area (Å²) < 4.78 is 1.06. The molecular weight excluding hydrogens is 350 g/mol. The molecule has 0 radical (unpaired) electrons. The lowest BCUT2D eigenvalue weighted by atomic mass is 10.0.